The fraction of sp³-hybridized carbons (Fsp3) is 0.269. The van der Waals surface area contributed by atoms with Gasteiger partial charge in [0.1, 0.15) is 0 Å². The third kappa shape index (κ3) is 4.59. The molecule has 0 spiro atoms. The summed E-state index contributed by atoms with van der Waals surface area (Å²) in [6.45, 7) is 3.74. The Morgan fingerprint density at radius 3 is 1.91 bits per heavy atom. The average molecular weight is 493 g/mol. The molecule has 8 heteroatoms. The van der Waals surface area contributed by atoms with Crippen LogP contribution in [-0.2, 0) is 29.7 Å². The number of rotatable bonds is 7. The number of fused-ring (bicyclic) bond motifs is 1. The molecule has 34 heavy (non-hydrogen) atoms. The van der Waals surface area contributed by atoms with Gasteiger partial charge in [0.05, 0.1) is 22.6 Å². The number of hydrogen-bond donors (Lipinski definition) is 0. The van der Waals surface area contributed by atoms with E-state index < -0.39 is 10.0 Å². The lowest BCUT2D eigenvalue weighted by Gasteiger charge is -2.34. The monoisotopic (exact) mass is 492 g/mol. The summed E-state index contributed by atoms with van der Waals surface area (Å²) >= 11 is 5.92. The quantitative estimate of drug-likeness (QED) is 0.359. The molecule has 0 amide bonds. The zero-order valence-electron chi connectivity index (χ0n) is 19.0. The molecule has 0 unspecified atom stereocenters. The lowest BCUT2D eigenvalue weighted by atomic mass is 10.1. The summed E-state index contributed by atoms with van der Waals surface area (Å²) in [6, 6.07) is 27.4. The maximum atomic E-state index is 13.0. The van der Waals surface area contributed by atoms with E-state index in [0.717, 1.165) is 28.8 Å². The molecule has 0 atom stereocenters. The van der Waals surface area contributed by atoms with Crippen molar-refractivity contribution < 1.29 is 8.42 Å². The van der Waals surface area contributed by atoms with Gasteiger partial charge in [0, 0.05) is 32.7 Å². The molecule has 6 nitrogen and oxygen atoms in total. The van der Waals surface area contributed by atoms with Crippen molar-refractivity contribution in [3.63, 3.8) is 0 Å². The van der Waals surface area contributed by atoms with E-state index >= 15 is 0 Å². The van der Waals surface area contributed by atoms with Crippen molar-refractivity contribution in [1.29, 1.82) is 0 Å². The van der Waals surface area contributed by atoms with E-state index in [1.54, 1.807) is 28.6 Å². The third-order valence-corrected chi connectivity index (χ3v) is 8.80. The van der Waals surface area contributed by atoms with Crippen molar-refractivity contribution in [3.05, 3.63) is 95.3 Å². The topological polar surface area (TPSA) is 50.5 Å². The van der Waals surface area contributed by atoms with Crippen LogP contribution in [-0.4, -0.2) is 52.9 Å². The van der Waals surface area contributed by atoms with Gasteiger partial charge in [0.25, 0.3) is 0 Å². The number of aromatic nitrogens is 2. The van der Waals surface area contributed by atoms with Gasteiger partial charge in [-0.1, -0.05) is 60.7 Å². The number of hydrogen-bond acceptors (Lipinski definition) is 4. The van der Waals surface area contributed by atoms with E-state index in [9.17, 15) is 8.42 Å². The van der Waals surface area contributed by atoms with Crippen LogP contribution in [0.15, 0.2) is 89.8 Å². The van der Waals surface area contributed by atoms with E-state index in [1.165, 1.54) is 5.56 Å². The minimum atomic E-state index is -3.46. The molecule has 176 valence electrons. The highest BCUT2D eigenvalue weighted by molar-refractivity contribution is 7.89. The maximum absolute atomic E-state index is 13.0. The molecule has 0 saturated carbocycles. The Bertz CT molecular complexity index is 1420. The van der Waals surface area contributed by atoms with Crippen molar-refractivity contribution in [1.82, 2.24) is 18.3 Å². The predicted molar refractivity (Wildman–Crippen MR) is 138 cm³/mol. The number of aryl methyl sites for hydroxylation is 2. The Kier molecular flexibility index (Phi) is 6.65. The molecule has 0 bridgehead atoms. The first kappa shape index (κ1) is 23.0. The number of benzene rings is 3. The van der Waals surface area contributed by atoms with Gasteiger partial charge in [0.15, 0.2) is 4.77 Å². The van der Waals surface area contributed by atoms with Gasteiger partial charge < -0.3 is 9.13 Å². The van der Waals surface area contributed by atoms with Crippen LogP contribution in [0.2, 0.25) is 0 Å². The minimum Gasteiger partial charge on any atom is -0.316 e. The average Bonchev–Trinajstić information content (AvgIpc) is 3.15. The Labute approximate surface area is 205 Å². The lowest BCUT2D eigenvalue weighted by Crippen LogP contribution is -2.48. The summed E-state index contributed by atoms with van der Waals surface area (Å²) < 4.78 is 32.7. The van der Waals surface area contributed by atoms with Crippen LogP contribution >= 0.6 is 12.2 Å². The van der Waals surface area contributed by atoms with Crippen molar-refractivity contribution in [2.24, 2.45) is 0 Å². The molecule has 0 aliphatic carbocycles. The first-order valence-corrected chi connectivity index (χ1v) is 13.4. The fourth-order valence-electron chi connectivity index (χ4n) is 4.56. The molecule has 3 aromatic carbocycles. The summed E-state index contributed by atoms with van der Waals surface area (Å²) in [6.07, 6.45) is 0.916. The van der Waals surface area contributed by atoms with Gasteiger partial charge >= 0.3 is 0 Å². The summed E-state index contributed by atoms with van der Waals surface area (Å²) in [7, 11) is -3.46. The van der Waals surface area contributed by atoms with Crippen molar-refractivity contribution in [2.45, 2.75) is 24.5 Å². The Morgan fingerprint density at radius 2 is 1.26 bits per heavy atom. The van der Waals surface area contributed by atoms with E-state index in [2.05, 4.69) is 50.4 Å². The molecule has 0 N–H and O–H groups in total. The molecule has 1 saturated heterocycles. The molecule has 1 fully saturated rings. The second kappa shape index (κ2) is 9.84. The van der Waals surface area contributed by atoms with Crippen LogP contribution in [0.1, 0.15) is 5.56 Å². The maximum Gasteiger partial charge on any atom is 0.243 e. The van der Waals surface area contributed by atoms with Gasteiger partial charge in [-0.05, 0) is 48.5 Å². The van der Waals surface area contributed by atoms with Crippen LogP contribution < -0.4 is 0 Å². The predicted octanol–water partition coefficient (Wildman–Crippen LogP) is 4.38. The molecule has 4 aromatic rings. The fourth-order valence-corrected chi connectivity index (χ4v) is 6.35. The summed E-state index contributed by atoms with van der Waals surface area (Å²) in [5.41, 5.74) is 3.53. The standard InChI is InChI=1S/C26H28N4O2S2/c31-34(32,23-11-5-2-6-12-23)28-19-17-27(18-20-28)21-30-25-14-8-7-13-24(25)29(26(30)33)16-15-22-9-3-1-4-10-22/h1-14H,15-21H2. The number of para-hydroxylation sites is 2. The first-order valence-electron chi connectivity index (χ1n) is 11.5. The van der Waals surface area contributed by atoms with Gasteiger partial charge in [-0.2, -0.15) is 4.31 Å². The number of piperazine rings is 1. The molecular formula is C26H28N4O2S2. The van der Waals surface area contributed by atoms with Gasteiger partial charge in [-0.25, -0.2) is 8.42 Å². The normalized spacial score (nSPS) is 15.6. The smallest absolute Gasteiger partial charge is 0.243 e. The van der Waals surface area contributed by atoms with Gasteiger partial charge in [-0.3, -0.25) is 4.90 Å². The number of sulfonamides is 1. The highest BCUT2D eigenvalue weighted by Gasteiger charge is 2.28. The zero-order chi connectivity index (χ0) is 23.5. The van der Waals surface area contributed by atoms with Gasteiger partial charge in [0.2, 0.25) is 10.0 Å². The Balaban J connectivity index is 1.32. The van der Waals surface area contributed by atoms with E-state index in [0.29, 0.717) is 37.7 Å². The van der Waals surface area contributed by atoms with Crippen LogP contribution in [0.25, 0.3) is 11.0 Å². The molecule has 0 radical (unpaired) electrons. The van der Waals surface area contributed by atoms with E-state index in [4.69, 9.17) is 12.2 Å². The second-order valence-corrected chi connectivity index (χ2v) is 10.9. The first-order chi connectivity index (χ1) is 16.5. The number of nitrogens with zero attached hydrogens (tertiary/aromatic N) is 4. The third-order valence-electron chi connectivity index (χ3n) is 6.45. The van der Waals surface area contributed by atoms with Crippen LogP contribution in [0.3, 0.4) is 0 Å². The zero-order valence-corrected chi connectivity index (χ0v) is 20.6. The van der Waals surface area contributed by atoms with E-state index in [-0.39, 0.29) is 0 Å². The van der Waals surface area contributed by atoms with Crippen molar-refractivity contribution in [3.8, 4) is 0 Å². The highest BCUT2D eigenvalue weighted by Crippen LogP contribution is 2.21. The van der Waals surface area contributed by atoms with Crippen LogP contribution in [0.4, 0.5) is 0 Å². The lowest BCUT2D eigenvalue weighted by molar-refractivity contribution is 0.153. The molecule has 1 aliphatic rings. The second-order valence-electron chi connectivity index (χ2n) is 8.56. The SMILES string of the molecule is O=S(=O)(c1ccccc1)N1CCN(Cn2c(=S)n(CCc3ccccc3)c3ccccc32)CC1. The summed E-state index contributed by atoms with van der Waals surface area (Å²) in [5, 5.41) is 0. The van der Waals surface area contributed by atoms with Crippen LogP contribution in [0, 0.1) is 4.77 Å². The Hall–Kier alpha value is -2.78. The summed E-state index contributed by atoms with van der Waals surface area (Å²) in [5.74, 6) is 0. The van der Waals surface area contributed by atoms with Crippen molar-refractivity contribution in [2.75, 3.05) is 26.2 Å². The Morgan fingerprint density at radius 1 is 0.706 bits per heavy atom. The summed E-state index contributed by atoms with van der Waals surface area (Å²) in [4.78, 5) is 2.63. The number of imidazole rings is 1. The molecule has 1 aliphatic heterocycles. The highest BCUT2D eigenvalue weighted by atomic mass is 32.2. The molecular weight excluding hydrogens is 464 g/mol. The molecule has 1 aromatic heterocycles. The minimum absolute atomic E-state index is 0.354. The van der Waals surface area contributed by atoms with Crippen LogP contribution in [0.5, 0.6) is 0 Å². The van der Waals surface area contributed by atoms with Crippen molar-refractivity contribution >= 4 is 33.3 Å². The van der Waals surface area contributed by atoms with E-state index in [1.807, 2.05) is 24.3 Å². The molecule has 2 heterocycles. The van der Waals surface area contributed by atoms with Gasteiger partial charge in [-0.15, -0.1) is 0 Å². The largest absolute Gasteiger partial charge is 0.316 e. The molecule has 5 rings (SSSR count).